The summed E-state index contributed by atoms with van der Waals surface area (Å²) in [6, 6.07) is 5.39. The standard InChI is InChI=1S/C22H31N3O5/c1-22(2,3)30-21(28)24-15-7-5-14(6-8-15)19(26)13-25-18-11-16(29-4)9-10-17(18)23-12-20(25)27/h9-12,14-15,19,26H,5-8,13H2,1-4H3,(H,24,28)/t14-,15-,19-/m0/s1. The minimum atomic E-state index is -0.665. The second kappa shape index (κ2) is 9.04. The van der Waals surface area contributed by atoms with Gasteiger partial charge in [0.1, 0.15) is 11.4 Å². The number of carbonyl (C=O) groups is 1. The highest BCUT2D eigenvalue weighted by molar-refractivity contribution is 5.76. The highest BCUT2D eigenvalue weighted by atomic mass is 16.6. The predicted molar refractivity (Wildman–Crippen MR) is 114 cm³/mol. The second-order valence-electron chi connectivity index (χ2n) is 8.89. The topological polar surface area (TPSA) is 103 Å². The molecule has 1 saturated carbocycles. The number of hydrogen-bond acceptors (Lipinski definition) is 6. The van der Waals surface area contributed by atoms with Crippen molar-refractivity contribution in [2.24, 2.45) is 5.92 Å². The highest BCUT2D eigenvalue weighted by Crippen LogP contribution is 2.28. The molecule has 1 heterocycles. The van der Waals surface area contributed by atoms with E-state index in [4.69, 9.17) is 9.47 Å². The quantitative estimate of drug-likeness (QED) is 0.776. The fourth-order valence-corrected chi connectivity index (χ4v) is 3.92. The Hall–Kier alpha value is -2.61. The van der Waals surface area contributed by atoms with E-state index in [9.17, 15) is 14.7 Å². The van der Waals surface area contributed by atoms with Crippen LogP contribution in [0.5, 0.6) is 5.75 Å². The van der Waals surface area contributed by atoms with Crippen molar-refractivity contribution in [3.8, 4) is 5.75 Å². The zero-order valence-electron chi connectivity index (χ0n) is 18.1. The maximum absolute atomic E-state index is 12.4. The zero-order chi connectivity index (χ0) is 21.9. The van der Waals surface area contributed by atoms with Crippen LogP contribution in [0.3, 0.4) is 0 Å². The van der Waals surface area contributed by atoms with Gasteiger partial charge in [0.2, 0.25) is 0 Å². The molecule has 30 heavy (non-hydrogen) atoms. The zero-order valence-corrected chi connectivity index (χ0v) is 18.1. The Morgan fingerprint density at radius 1 is 1.30 bits per heavy atom. The van der Waals surface area contributed by atoms with Crippen LogP contribution in [0.1, 0.15) is 46.5 Å². The van der Waals surface area contributed by atoms with Crippen LogP contribution in [0.25, 0.3) is 11.0 Å². The average molecular weight is 418 g/mol. The molecule has 1 fully saturated rings. The number of alkyl carbamates (subject to hydrolysis) is 1. The number of amides is 1. The number of nitrogens with zero attached hydrogens (tertiary/aromatic N) is 2. The van der Waals surface area contributed by atoms with Crippen molar-refractivity contribution in [2.45, 2.75) is 70.7 Å². The summed E-state index contributed by atoms with van der Waals surface area (Å²) in [5.74, 6) is 0.689. The van der Waals surface area contributed by atoms with Crippen LogP contribution in [0.2, 0.25) is 0 Å². The van der Waals surface area contributed by atoms with Crippen molar-refractivity contribution in [3.63, 3.8) is 0 Å². The van der Waals surface area contributed by atoms with Gasteiger partial charge < -0.3 is 24.5 Å². The smallest absolute Gasteiger partial charge is 0.407 e. The number of aromatic nitrogens is 2. The largest absolute Gasteiger partial charge is 0.497 e. The van der Waals surface area contributed by atoms with E-state index in [1.54, 1.807) is 29.9 Å². The van der Waals surface area contributed by atoms with Gasteiger partial charge >= 0.3 is 6.09 Å². The number of rotatable bonds is 5. The highest BCUT2D eigenvalue weighted by Gasteiger charge is 2.29. The van der Waals surface area contributed by atoms with Gasteiger partial charge in [-0.1, -0.05) is 0 Å². The number of fused-ring (bicyclic) bond motifs is 1. The Labute approximate surface area is 176 Å². The molecule has 1 amide bonds. The van der Waals surface area contributed by atoms with Gasteiger partial charge in [0.15, 0.2) is 0 Å². The van der Waals surface area contributed by atoms with Gasteiger partial charge in [-0.15, -0.1) is 0 Å². The first kappa shape index (κ1) is 22.1. The van der Waals surface area contributed by atoms with Gasteiger partial charge in [0, 0.05) is 12.1 Å². The van der Waals surface area contributed by atoms with Crippen molar-refractivity contribution in [2.75, 3.05) is 7.11 Å². The van der Waals surface area contributed by atoms with E-state index < -0.39 is 17.8 Å². The molecule has 0 unspecified atom stereocenters. The molecule has 1 aromatic carbocycles. The van der Waals surface area contributed by atoms with Gasteiger partial charge in [0.05, 0.1) is 37.0 Å². The van der Waals surface area contributed by atoms with Crippen molar-refractivity contribution in [3.05, 3.63) is 34.7 Å². The molecule has 2 N–H and O–H groups in total. The maximum atomic E-state index is 12.4. The Morgan fingerprint density at radius 2 is 2.00 bits per heavy atom. The van der Waals surface area contributed by atoms with Gasteiger partial charge in [-0.3, -0.25) is 4.79 Å². The molecule has 8 nitrogen and oxygen atoms in total. The summed E-state index contributed by atoms with van der Waals surface area (Å²) in [6.07, 6.45) is 3.27. The van der Waals surface area contributed by atoms with Crippen molar-refractivity contribution in [1.29, 1.82) is 0 Å². The van der Waals surface area contributed by atoms with E-state index in [1.807, 2.05) is 20.8 Å². The number of carbonyl (C=O) groups excluding carboxylic acids is 1. The Bertz CT molecular complexity index is 942. The van der Waals surface area contributed by atoms with Gasteiger partial charge in [-0.05, 0) is 64.5 Å². The van der Waals surface area contributed by atoms with Gasteiger partial charge in [0.25, 0.3) is 5.56 Å². The summed E-state index contributed by atoms with van der Waals surface area (Å²) in [5.41, 5.74) is 0.532. The first-order valence-corrected chi connectivity index (χ1v) is 10.4. The molecule has 0 radical (unpaired) electrons. The third-order valence-corrected chi connectivity index (χ3v) is 5.46. The van der Waals surface area contributed by atoms with Gasteiger partial charge in [-0.2, -0.15) is 0 Å². The fourth-order valence-electron chi connectivity index (χ4n) is 3.92. The van der Waals surface area contributed by atoms with E-state index in [1.165, 1.54) is 6.20 Å². The van der Waals surface area contributed by atoms with Crippen LogP contribution in [0.4, 0.5) is 4.79 Å². The van der Waals surface area contributed by atoms with E-state index in [-0.39, 0.29) is 24.1 Å². The Morgan fingerprint density at radius 3 is 2.63 bits per heavy atom. The summed E-state index contributed by atoms with van der Waals surface area (Å²) >= 11 is 0. The molecule has 1 atom stereocenters. The van der Waals surface area contributed by atoms with Crippen LogP contribution >= 0.6 is 0 Å². The van der Waals surface area contributed by atoms with Crippen LogP contribution in [-0.2, 0) is 11.3 Å². The third-order valence-electron chi connectivity index (χ3n) is 5.46. The van der Waals surface area contributed by atoms with E-state index in [2.05, 4.69) is 10.3 Å². The Balaban J connectivity index is 1.63. The van der Waals surface area contributed by atoms with E-state index in [0.29, 0.717) is 16.8 Å². The average Bonchev–Trinajstić information content (AvgIpc) is 2.68. The molecule has 0 aliphatic heterocycles. The summed E-state index contributed by atoms with van der Waals surface area (Å²) in [5, 5.41) is 13.7. The molecule has 8 heteroatoms. The monoisotopic (exact) mass is 417 g/mol. The van der Waals surface area contributed by atoms with Crippen molar-refractivity contribution >= 4 is 17.1 Å². The predicted octanol–water partition coefficient (Wildman–Crippen LogP) is 2.85. The molecular formula is C22H31N3O5. The van der Waals surface area contributed by atoms with Crippen LogP contribution in [0, 0.1) is 5.92 Å². The number of methoxy groups -OCH3 is 1. The molecule has 164 valence electrons. The molecule has 0 spiro atoms. The minimum Gasteiger partial charge on any atom is -0.497 e. The number of ether oxygens (including phenoxy) is 2. The number of aliphatic hydroxyl groups excluding tert-OH is 1. The lowest BCUT2D eigenvalue weighted by Crippen LogP contribution is -2.42. The third kappa shape index (κ3) is 5.50. The molecule has 1 aromatic heterocycles. The van der Waals surface area contributed by atoms with Crippen molar-refractivity contribution in [1.82, 2.24) is 14.9 Å². The summed E-state index contributed by atoms with van der Waals surface area (Å²) in [7, 11) is 1.57. The molecule has 0 bridgehead atoms. The number of benzene rings is 1. The maximum Gasteiger partial charge on any atom is 0.407 e. The SMILES string of the molecule is COc1ccc2ncc(=O)n(C[C@H](O)[C@H]3CC[C@H](NC(=O)OC(C)(C)C)CC3)c2c1. The summed E-state index contributed by atoms with van der Waals surface area (Å²) < 4.78 is 12.1. The molecule has 0 saturated heterocycles. The lowest BCUT2D eigenvalue weighted by atomic mass is 9.82. The number of aliphatic hydroxyl groups is 1. The van der Waals surface area contributed by atoms with Crippen molar-refractivity contribution < 1.29 is 19.4 Å². The lowest BCUT2D eigenvalue weighted by Gasteiger charge is -2.32. The minimum absolute atomic E-state index is 0.0389. The van der Waals surface area contributed by atoms with E-state index >= 15 is 0 Å². The Kier molecular flexibility index (Phi) is 6.65. The summed E-state index contributed by atoms with van der Waals surface area (Å²) in [6.45, 7) is 5.69. The molecule has 2 aromatic rings. The first-order valence-electron chi connectivity index (χ1n) is 10.4. The molecule has 1 aliphatic rings. The molecule has 1 aliphatic carbocycles. The normalized spacial score (nSPS) is 20.6. The van der Waals surface area contributed by atoms with Crippen LogP contribution in [-0.4, -0.2) is 45.6 Å². The summed E-state index contributed by atoms with van der Waals surface area (Å²) in [4.78, 5) is 28.6. The number of nitrogens with one attached hydrogen (secondary N) is 1. The molecule has 3 rings (SSSR count). The van der Waals surface area contributed by atoms with E-state index in [0.717, 1.165) is 25.7 Å². The fraction of sp³-hybridized carbons (Fsp3) is 0.591. The first-order chi connectivity index (χ1) is 14.2. The second-order valence-corrected chi connectivity index (χ2v) is 8.89. The molecular weight excluding hydrogens is 386 g/mol. The van der Waals surface area contributed by atoms with Gasteiger partial charge in [-0.25, -0.2) is 9.78 Å². The number of hydrogen-bond donors (Lipinski definition) is 2. The lowest BCUT2D eigenvalue weighted by molar-refractivity contribution is 0.0430. The van der Waals surface area contributed by atoms with Crippen LogP contribution < -0.4 is 15.6 Å². The van der Waals surface area contributed by atoms with Crippen LogP contribution in [0.15, 0.2) is 29.2 Å².